The number of benzene rings is 6. The Labute approximate surface area is 282 Å². The molecule has 2 fully saturated rings. The molecule has 0 bridgehead atoms. The quantitative estimate of drug-likeness (QED) is 0.173. The Morgan fingerprint density at radius 2 is 0.729 bits per heavy atom. The van der Waals surface area contributed by atoms with Gasteiger partial charge >= 0.3 is 0 Å². The molecule has 0 spiro atoms. The SMILES string of the molecule is c1ccc2cc3c(-c4cc5ccccc5n4C4CCCCC4)c4ccccc4c(-c4cc5ccccc5n4C4CCCCC4)c3cc2c1. The molecule has 8 aromatic rings. The third-order valence-corrected chi connectivity index (χ3v) is 11.8. The third kappa shape index (κ3) is 4.38. The molecule has 2 saturated carbocycles. The zero-order chi connectivity index (χ0) is 31.6. The molecule has 10 rings (SSSR count). The lowest BCUT2D eigenvalue weighted by molar-refractivity contribution is 0.363. The summed E-state index contributed by atoms with van der Waals surface area (Å²) in [5, 5.41) is 10.7. The smallest absolute Gasteiger partial charge is 0.0506 e. The molecule has 2 aliphatic rings. The Hall–Kier alpha value is -4.82. The van der Waals surface area contributed by atoms with Crippen LogP contribution in [-0.4, -0.2) is 9.13 Å². The number of rotatable bonds is 4. The fourth-order valence-electron chi connectivity index (χ4n) is 9.62. The van der Waals surface area contributed by atoms with Gasteiger partial charge in [0.2, 0.25) is 0 Å². The van der Waals surface area contributed by atoms with Crippen LogP contribution in [-0.2, 0) is 0 Å². The molecule has 2 aliphatic carbocycles. The summed E-state index contributed by atoms with van der Waals surface area (Å²) in [6.07, 6.45) is 13.0. The van der Waals surface area contributed by atoms with Crippen molar-refractivity contribution < 1.29 is 0 Å². The van der Waals surface area contributed by atoms with Gasteiger partial charge < -0.3 is 9.13 Å². The summed E-state index contributed by atoms with van der Waals surface area (Å²) in [6, 6.07) is 47.5. The van der Waals surface area contributed by atoms with Gasteiger partial charge in [-0.1, -0.05) is 123 Å². The molecule has 2 heterocycles. The molecule has 0 unspecified atom stereocenters. The lowest BCUT2D eigenvalue weighted by atomic mass is 9.86. The van der Waals surface area contributed by atoms with Crippen LogP contribution in [0.4, 0.5) is 0 Å². The number of aromatic nitrogens is 2. The second-order valence-corrected chi connectivity index (χ2v) is 14.5. The molecule has 0 radical (unpaired) electrons. The fraction of sp³-hybridized carbons (Fsp3) is 0.261. The first kappa shape index (κ1) is 28.2. The molecule has 0 aliphatic heterocycles. The summed E-state index contributed by atoms with van der Waals surface area (Å²) in [7, 11) is 0. The highest BCUT2D eigenvalue weighted by molar-refractivity contribution is 6.24. The molecule has 0 atom stereocenters. The molecule has 2 aromatic heterocycles. The second kappa shape index (κ2) is 11.4. The first-order valence-electron chi connectivity index (χ1n) is 18.4. The molecule has 0 N–H and O–H groups in total. The summed E-state index contributed by atoms with van der Waals surface area (Å²) in [5.74, 6) is 0. The van der Waals surface area contributed by atoms with Gasteiger partial charge in [-0.3, -0.25) is 0 Å². The standard InChI is InChI=1S/C46H42N2/c1-3-19-35(20-4-1)47-41-25-13-9-17-33(41)29-43(47)45-37-23-11-12-24-38(37)46(40-28-32-16-8-7-15-31(32)27-39(40)45)44-30-34-18-10-14-26-42(34)48(44)36-21-5-2-6-22-36/h7-18,23-30,35-36H,1-6,19-22H2. The van der Waals surface area contributed by atoms with E-state index in [1.165, 1.54) is 141 Å². The van der Waals surface area contributed by atoms with E-state index >= 15 is 0 Å². The largest absolute Gasteiger partial charge is 0.337 e. The zero-order valence-electron chi connectivity index (χ0n) is 27.7. The van der Waals surface area contributed by atoms with E-state index in [0.29, 0.717) is 12.1 Å². The number of hydrogen-bond donors (Lipinski definition) is 0. The molecule has 6 aromatic carbocycles. The van der Waals surface area contributed by atoms with Crippen molar-refractivity contribution in [2.24, 2.45) is 0 Å². The van der Waals surface area contributed by atoms with Crippen molar-refractivity contribution in [2.75, 3.05) is 0 Å². The van der Waals surface area contributed by atoms with Crippen molar-refractivity contribution in [3.05, 3.63) is 121 Å². The van der Waals surface area contributed by atoms with Gasteiger partial charge in [-0.05, 0) is 94.4 Å². The number of hydrogen-bond acceptors (Lipinski definition) is 0. The Kier molecular flexibility index (Phi) is 6.71. The first-order chi connectivity index (χ1) is 23.8. The highest BCUT2D eigenvalue weighted by Gasteiger charge is 2.27. The Bertz CT molecular complexity index is 2300. The normalized spacial score (nSPS) is 16.6. The molecule has 2 heteroatoms. The molecular weight excluding hydrogens is 581 g/mol. The third-order valence-electron chi connectivity index (χ3n) is 11.8. The van der Waals surface area contributed by atoms with Crippen LogP contribution in [0.15, 0.2) is 121 Å². The van der Waals surface area contributed by atoms with Crippen LogP contribution in [0.25, 0.3) is 76.6 Å². The van der Waals surface area contributed by atoms with Gasteiger partial charge in [0.1, 0.15) is 0 Å². The van der Waals surface area contributed by atoms with Crippen LogP contribution < -0.4 is 0 Å². The van der Waals surface area contributed by atoms with Crippen molar-refractivity contribution in [1.29, 1.82) is 0 Å². The van der Waals surface area contributed by atoms with E-state index in [9.17, 15) is 0 Å². The Morgan fingerprint density at radius 3 is 1.17 bits per heavy atom. The van der Waals surface area contributed by atoms with Crippen LogP contribution in [0.1, 0.15) is 76.3 Å². The van der Waals surface area contributed by atoms with Crippen molar-refractivity contribution in [3.8, 4) is 22.5 Å². The molecule has 236 valence electrons. The molecule has 48 heavy (non-hydrogen) atoms. The molecular formula is C46H42N2. The van der Waals surface area contributed by atoms with E-state index < -0.39 is 0 Å². The number of nitrogens with zero attached hydrogens (tertiary/aromatic N) is 2. The van der Waals surface area contributed by atoms with Crippen LogP contribution in [0.3, 0.4) is 0 Å². The summed E-state index contributed by atoms with van der Waals surface area (Å²) >= 11 is 0. The molecule has 0 saturated heterocycles. The van der Waals surface area contributed by atoms with Crippen molar-refractivity contribution in [3.63, 3.8) is 0 Å². The predicted octanol–water partition coefficient (Wildman–Crippen LogP) is 13.4. The summed E-state index contributed by atoms with van der Waals surface area (Å²) in [6.45, 7) is 0. The molecule has 2 nitrogen and oxygen atoms in total. The van der Waals surface area contributed by atoms with Crippen LogP contribution in [0.2, 0.25) is 0 Å². The highest BCUT2D eigenvalue weighted by atomic mass is 15.0. The van der Waals surface area contributed by atoms with E-state index in [4.69, 9.17) is 0 Å². The highest BCUT2D eigenvalue weighted by Crippen LogP contribution is 2.49. The van der Waals surface area contributed by atoms with E-state index in [1.807, 2.05) is 0 Å². The van der Waals surface area contributed by atoms with Gasteiger partial charge in [-0.15, -0.1) is 0 Å². The fourth-order valence-corrected chi connectivity index (χ4v) is 9.62. The van der Waals surface area contributed by atoms with Gasteiger partial charge in [-0.2, -0.15) is 0 Å². The minimum atomic E-state index is 0.524. The molecule has 0 amide bonds. The Morgan fingerprint density at radius 1 is 0.354 bits per heavy atom. The van der Waals surface area contributed by atoms with Crippen LogP contribution in [0, 0.1) is 0 Å². The van der Waals surface area contributed by atoms with Gasteiger partial charge in [0, 0.05) is 45.0 Å². The van der Waals surface area contributed by atoms with Gasteiger partial charge in [0.05, 0.1) is 11.4 Å². The second-order valence-electron chi connectivity index (χ2n) is 14.5. The van der Waals surface area contributed by atoms with Crippen molar-refractivity contribution >= 4 is 54.1 Å². The first-order valence-corrected chi connectivity index (χ1v) is 18.4. The summed E-state index contributed by atoms with van der Waals surface area (Å²) in [5.41, 5.74) is 8.27. The topological polar surface area (TPSA) is 9.86 Å². The maximum atomic E-state index is 2.74. The minimum Gasteiger partial charge on any atom is -0.337 e. The maximum Gasteiger partial charge on any atom is 0.0506 e. The summed E-state index contributed by atoms with van der Waals surface area (Å²) < 4.78 is 5.48. The number of para-hydroxylation sites is 2. The maximum absolute atomic E-state index is 2.74. The lowest BCUT2D eigenvalue weighted by Crippen LogP contribution is -2.14. The minimum absolute atomic E-state index is 0.524. The van der Waals surface area contributed by atoms with Gasteiger partial charge in [-0.25, -0.2) is 0 Å². The summed E-state index contributed by atoms with van der Waals surface area (Å²) in [4.78, 5) is 0. The van der Waals surface area contributed by atoms with Crippen LogP contribution >= 0.6 is 0 Å². The van der Waals surface area contributed by atoms with Gasteiger partial charge in [0.25, 0.3) is 0 Å². The monoisotopic (exact) mass is 622 g/mol. The van der Waals surface area contributed by atoms with Crippen molar-refractivity contribution in [1.82, 2.24) is 9.13 Å². The Balaban J connectivity index is 1.37. The van der Waals surface area contributed by atoms with E-state index in [2.05, 4.69) is 130 Å². The van der Waals surface area contributed by atoms with Crippen LogP contribution in [0.5, 0.6) is 0 Å². The number of fused-ring (bicyclic) bond motifs is 5. The van der Waals surface area contributed by atoms with Crippen molar-refractivity contribution in [2.45, 2.75) is 76.3 Å². The average Bonchev–Trinajstić information content (AvgIpc) is 3.72. The lowest BCUT2D eigenvalue weighted by Gasteiger charge is -2.29. The zero-order valence-corrected chi connectivity index (χ0v) is 27.7. The predicted molar refractivity (Wildman–Crippen MR) is 205 cm³/mol. The average molecular weight is 623 g/mol. The van der Waals surface area contributed by atoms with E-state index in [1.54, 1.807) is 0 Å². The van der Waals surface area contributed by atoms with E-state index in [-0.39, 0.29) is 0 Å². The van der Waals surface area contributed by atoms with E-state index in [0.717, 1.165) is 0 Å². The van der Waals surface area contributed by atoms with Gasteiger partial charge in [0.15, 0.2) is 0 Å².